The van der Waals surface area contributed by atoms with Crippen molar-refractivity contribution in [3.05, 3.63) is 0 Å². The molecule has 0 aliphatic rings. The minimum atomic E-state index is -1.07. The molecule has 1 amide bonds. The number of carbonyl (C=O) groups is 2. The van der Waals surface area contributed by atoms with Crippen molar-refractivity contribution in [1.82, 2.24) is 5.32 Å². The van der Waals surface area contributed by atoms with Crippen LogP contribution in [0.2, 0.25) is 0 Å². The summed E-state index contributed by atoms with van der Waals surface area (Å²) in [7, 11) is 1.31. The van der Waals surface area contributed by atoms with Gasteiger partial charge >= 0.3 is 5.97 Å². The molecule has 0 rings (SSSR count). The molecule has 0 saturated carbocycles. The maximum atomic E-state index is 11.3. The van der Waals surface area contributed by atoms with E-state index in [2.05, 4.69) is 10.1 Å². The molecule has 5 heteroatoms. The number of hydrogen-bond donors (Lipinski definition) is 2. The van der Waals surface area contributed by atoms with Crippen LogP contribution in [0.1, 0.15) is 26.7 Å². The van der Waals surface area contributed by atoms with Crippen LogP contribution in [-0.4, -0.2) is 36.7 Å². The van der Waals surface area contributed by atoms with Crippen molar-refractivity contribution in [3.63, 3.8) is 0 Å². The fourth-order valence-corrected chi connectivity index (χ4v) is 1.01. The summed E-state index contributed by atoms with van der Waals surface area (Å²) in [5.74, 6) is -0.884. The quantitative estimate of drug-likeness (QED) is 0.656. The topological polar surface area (TPSA) is 75.6 Å². The van der Waals surface area contributed by atoms with Gasteiger partial charge in [0, 0.05) is 13.5 Å². The van der Waals surface area contributed by atoms with E-state index in [9.17, 15) is 9.59 Å². The van der Waals surface area contributed by atoms with Crippen molar-refractivity contribution in [2.24, 2.45) is 5.92 Å². The molecule has 2 unspecified atom stereocenters. The molecule has 0 heterocycles. The van der Waals surface area contributed by atoms with Gasteiger partial charge in [0.05, 0.1) is 6.54 Å². The van der Waals surface area contributed by atoms with Gasteiger partial charge in [-0.3, -0.25) is 4.79 Å². The molecule has 15 heavy (non-hydrogen) atoms. The average Bonchev–Trinajstić information content (AvgIpc) is 2.17. The predicted octanol–water partition coefficient (Wildman–Crippen LogP) is 0.638. The van der Waals surface area contributed by atoms with Gasteiger partial charge in [0.2, 0.25) is 5.91 Å². The number of ether oxygens (including phenoxy) is 1. The summed E-state index contributed by atoms with van der Waals surface area (Å²) < 4.78 is 4.68. The minimum Gasteiger partial charge on any atom is -0.479 e. The highest BCUT2D eigenvalue weighted by atomic mass is 16.5. The third-order valence-electron chi connectivity index (χ3n) is 2.28. The van der Waals surface area contributed by atoms with Crippen LogP contribution in [0, 0.1) is 5.92 Å². The molecule has 88 valence electrons. The lowest BCUT2D eigenvalue weighted by Gasteiger charge is -2.13. The van der Waals surface area contributed by atoms with E-state index < -0.39 is 12.1 Å². The molecule has 5 nitrogen and oxygen atoms in total. The first-order chi connectivity index (χ1) is 7.01. The van der Waals surface area contributed by atoms with Gasteiger partial charge in [0.1, 0.15) is 0 Å². The first-order valence-corrected chi connectivity index (χ1v) is 5.03. The van der Waals surface area contributed by atoms with Crippen LogP contribution in [0.5, 0.6) is 0 Å². The lowest BCUT2D eigenvalue weighted by atomic mass is 10.1. The molecule has 0 bridgehead atoms. The summed E-state index contributed by atoms with van der Waals surface area (Å²) in [5.41, 5.74) is 0. The number of methoxy groups -OCH3 is 1. The Bertz CT molecular complexity index is 217. The lowest BCUT2D eigenvalue weighted by Crippen LogP contribution is -2.38. The first kappa shape index (κ1) is 13.9. The molecule has 0 aliphatic heterocycles. The van der Waals surface area contributed by atoms with Crippen molar-refractivity contribution < 1.29 is 19.4 Å². The summed E-state index contributed by atoms with van der Waals surface area (Å²) >= 11 is 0. The van der Waals surface area contributed by atoms with E-state index >= 15 is 0 Å². The highest BCUT2D eigenvalue weighted by molar-refractivity contribution is 5.78. The van der Waals surface area contributed by atoms with E-state index in [-0.39, 0.29) is 12.5 Å². The third-order valence-corrected chi connectivity index (χ3v) is 2.28. The molecule has 0 aromatic heterocycles. The summed E-state index contributed by atoms with van der Waals surface area (Å²) in [6.45, 7) is 4.00. The number of rotatable bonds is 7. The summed E-state index contributed by atoms with van der Waals surface area (Å²) in [4.78, 5) is 21.8. The van der Waals surface area contributed by atoms with Crippen LogP contribution in [0.4, 0.5) is 0 Å². The zero-order chi connectivity index (χ0) is 11.8. The minimum absolute atomic E-state index is 0.0150. The Hall–Kier alpha value is -1.10. The normalized spacial score (nSPS) is 14.3. The van der Waals surface area contributed by atoms with E-state index in [0.29, 0.717) is 12.3 Å². The van der Waals surface area contributed by atoms with Crippen LogP contribution in [0.3, 0.4) is 0 Å². The number of amides is 1. The summed E-state index contributed by atoms with van der Waals surface area (Å²) in [6.07, 6.45) is 0.387. The standard InChI is InChI=1S/C10H19NO4/c1-4-7(2)5-9(12)11-6-8(15-3)10(13)14/h7-8H,4-6H2,1-3H3,(H,11,12)(H,13,14). The predicted molar refractivity (Wildman–Crippen MR) is 55.5 cm³/mol. The second kappa shape index (κ2) is 7.23. The zero-order valence-electron chi connectivity index (χ0n) is 9.45. The SMILES string of the molecule is CCC(C)CC(=O)NCC(OC)C(=O)O. The van der Waals surface area contributed by atoms with E-state index in [1.807, 2.05) is 13.8 Å². The van der Waals surface area contributed by atoms with Crippen LogP contribution in [-0.2, 0) is 14.3 Å². The lowest BCUT2D eigenvalue weighted by molar-refractivity contribution is -0.148. The zero-order valence-corrected chi connectivity index (χ0v) is 9.45. The van der Waals surface area contributed by atoms with Crippen molar-refractivity contribution in [2.75, 3.05) is 13.7 Å². The van der Waals surface area contributed by atoms with Gasteiger partial charge in [-0.2, -0.15) is 0 Å². The molecule has 0 aromatic carbocycles. The second-order valence-electron chi connectivity index (χ2n) is 3.58. The molecule has 0 saturated heterocycles. The molecule has 0 radical (unpaired) electrons. The van der Waals surface area contributed by atoms with Gasteiger partial charge in [-0.05, 0) is 5.92 Å². The molecule has 0 aromatic rings. The van der Waals surface area contributed by atoms with E-state index in [1.54, 1.807) is 0 Å². The second-order valence-corrected chi connectivity index (χ2v) is 3.58. The van der Waals surface area contributed by atoms with Crippen molar-refractivity contribution in [3.8, 4) is 0 Å². The Balaban J connectivity index is 3.83. The smallest absolute Gasteiger partial charge is 0.334 e. The number of carboxylic acids is 1. The van der Waals surface area contributed by atoms with E-state index in [0.717, 1.165) is 6.42 Å². The Morgan fingerprint density at radius 3 is 2.47 bits per heavy atom. The molecule has 0 aliphatic carbocycles. The average molecular weight is 217 g/mol. The number of aliphatic carboxylic acids is 1. The molecular formula is C10H19NO4. The van der Waals surface area contributed by atoms with Gasteiger partial charge in [-0.1, -0.05) is 20.3 Å². The third kappa shape index (κ3) is 6.06. The highest BCUT2D eigenvalue weighted by Crippen LogP contribution is 2.05. The Morgan fingerprint density at radius 2 is 2.07 bits per heavy atom. The number of carboxylic acid groups (broad SMARTS) is 1. The van der Waals surface area contributed by atoms with Gasteiger partial charge in [0.25, 0.3) is 0 Å². The van der Waals surface area contributed by atoms with Crippen LogP contribution >= 0.6 is 0 Å². The fraction of sp³-hybridized carbons (Fsp3) is 0.800. The Morgan fingerprint density at radius 1 is 1.47 bits per heavy atom. The number of hydrogen-bond acceptors (Lipinski definition) is 3. The molecule has 2 atom stereocenters. The summed E-state index contributed by atoms with van der Waals surface area (Å²) in [5, 5.41) is 11.2. The van der Waals surface area contributed by atoms with Gasteiger partial charge in [0.15, 0.2) is 6.10 Å². The maximum Gasteiger partial charge on any atom is 0.334 e. The van der Waals surface area contributed by atoms with Crippen LogP contribution < -0.4 is 5.32 Å². The Kier molecular flexibility index (Phi) is 6.70. The first-order valence-electron chi connectivity index (χ1n) is 5.03. The van der Waals surface area contributed by atoms with Crippen molar-refractivity contribution in [2.45, 2.75) is 32.8 Å². The monoisotopic (exact) mass is 217 g/mol. The van der Waals surface area contributed by atoms with Crippen molar-refractivity contribution >= 4 is 11.9 Å². The highest BCUT2D eigenvalue weighted by Gasteiger charge is 2.17. The van der Waals surface area contributed by atoms with E-state index in [4.69, 9.17) is 5.11 Å². The van der Waals surface area contributed by atoms with E-state index in [1.165, 1.54) is 7.11 Å². The summed E-state index contributed by atoms with van der Waals surface area (Å²) in [6, 6.07) is 0. The number of nitrogens with one attached hydrogen (secondary N) is 1. The van der Waals surface area contributed by atoms with Crippen LogP contribution in [0.25, 0.3) is 0 Å². The molecular weight excluding hydrogens is 198 g/mol. The van der Waals surface area contributed by atoms with Crippen LogP contribution in [0.15, 0.2) is 0 Å². The molecule has 2 N–H and O–H groups in total. The molecule has 0 spiro atoms. The van der Waals surface area contributed by atoms with Gasteiger partial charge in [-0.15, -0.1) is 0 Å². The van der Waals surface area contributed by atoms with Crippen molar-refractivity contribution in [1.29, 1.82) is 0 Å². The fourth-order valence-electron chi connectivity index (χ4n) is 1.01. The largest absolute Gasteiger partial charge is 0.479 e. The number of carbonyl (C=O) groups excluding carboxylic acids is 1. The molecule has 0 fully saturated rings. The Labute approximate surface area is 89.8 Å². The van der Waals surface area contributed by atoms with Gasteiger partial charge in [-0.25, -0.2) is 4.79 Å². The maximum absolute atomic E-state index is 11.3. The van der Waals surface area contributed by atoms with Gasteiger partial charge < -0.3 is 15.2 Å².